The van der Waals surface area contributed by atoms with Crippen molar-refractivity contribution in [3.05, 3.63) is 35.6 Å². The first kappa shape index (κ1) is 17.1. The Morgan fingerprint density at radius 1 is 1.29 bits per heavy atom. The fourth-order valence-electron chi connectivity index (χ4n) is 2.24. The molecule has 2 atom stereocenters. The van der Waals surface area contributed by atoms with Crippen LogP contribution in [-0.4, -0.2) is 23.5 Å². The first-order valence-electron chi connectivity index (χ1n) is 7.19. The van der Waals surface area contributed by atoms with Crippen molar-refractivity contribution in [3.8, 4) is 0 Å². The maximum Gasteiger partial charge on any atom is 0.312 e. The summed E-state index contributed by atoms with van der Waals surface area (Å²) in [6, 6.07) is 5.30. The SMILES string of the molecule is CCCC(C)CC(=O)NCC(C(=O)O)c1ccc(F)cc1. The summed E-state index contributed by atoms with van der Waals surface area (Å²) >= 11 is 0. The molecule has 0 fully saturated rings. The van der Waals surface area contributed by atoms with Crippen molar-refractivity contribution in [2.75, 3.05) is 6.54 Å². The molecule has 0 aliphatic heterocycles. The second-order valence-corrected chi connectivity index (χ2v) is 5.34. The quantitative estimate of drug-likeness (QED) is 0.775. The van der Waals surface area contributed by atoms with Crippen molar-refractivity contribution in [1.29, 1.82) is 0 Å². The number of aliphatic carboxylic acids is 1. The lowest BCUT2D eigenvalue weighted by atomic mass is 9.98. The molecule has 1 rings (SSSR count). The van der Waals surface area contributed by atoms with E-state index in [0.29, 0.717) is 12.0 Å². The highest BCUT2D eigenvalue weighted by molar-refractivity contribution is 5.79. The molecule has 4 nitrogen and oxygen atoms in total. The Balaban J connectivity index is 2.58. The van der Waals surface area contributed by atoms with Crippen LogP contribution in [0.3, 0.4) is 0 Å². The molecule has 0 aliphatic rings. The molecule has 1 amide bonds. The Hall–Kier alpha value is -1.91. The molecule has 0 heterocycles. The summed E-state index contributed by atoms with van der Waals surface area (Å²) in [6.07, 6.45) is 2.37. The molecule has 0 radical (unpaired) electrons. The molecule has 116 valence electrons. The van der Waals surface area contributed by atoms with Gasteiger partial charge < -0.3 is 10.4 Å². The van der Waals surface area contributed by atoms with Gasteiger partial charge in [-0.15, -0.1) is 0 Å². The van der Waals surface area contributed by atoms with Crippen LogP contribution in [0.25, 0.3) is 0 Å². The zero-order chi connectivity index (χ0) is 15.8. The predicted molar refractivity (Wildman–Crippen MR) is 78.5 cm³/mol. The number of amides is 1. The second-order valence-electron chi connectivity index (χ2n) is 5.34. The largest absolute Gasteiger partial charge is 0.481 e. The van der Waals surface area contributed by atoms with Crippen molar-refractivity contribution < 1.29 is 19.1 Å². The van der Waals surface area contributed by atoms with Gasteiger partial charge in [0.25, 0.3) is 0 Å². The van der Waals surface area contributed by atoms with Crippen LogP contribution >= 0.6 is 0 Å². The van der Waals surface area contributed by atoms with Gasteiger partial charge in [-0.3, -0.25) is 9.59 Å². The van der Waals surface area contributed by atoms with Gasteiger partial charge in [0.1, 0.15) is 5.82 Å². The van der Waals surface area contributed by atoms with Crippen LogP contribution in [0.15, 0.2) is 24.3 Å². The number of rotatable bonds is 8. The number of carboxylic acids is 1. The molecule has 21 heavy (non-hydrogen) atoms. The lowest BCUT2D eigenvalue weighted by Crippen LogP contribution is -2.32. The molecule has 1 aromatic carbocycles. The highest BCUT2D eigenvalue weighted by atomic mass is 19.1. The molecule has 0 aromatic heterocycles. The lowest BCUT2D eigenvalue weighted by molar-refractivity contribution is -0.138. The Kier molecular flexibility index (Phi) is 6.85. The maximum atomic E-state index is 12.9. The van der Waals surface area contributed by atoms with Gasteiger partial charge >= 0.3 is 5.97 Å². The van der Waals surface area contributed by atoms with Gasteiger partial charge in [-0.2, -0.15) is 0 Å². The smallest absolute Gasteiger partial charge is 0.312 e. The Labute approximate surface area is 124 Å². The molecule has 0 bridgehead atoms. The van der Waals surface area contributed by atoms with Crippen LogP contribution in [0.2, 0.25) is 0 Å². The highest BCUT2D eigenvalue weighted by Gasteiger charge is 2.21. The van der Waals surface area contributed by atoms with Crippen molar-refractivity contribution in [2.45, 2.75) is 39.0 Å². The minimum atomic E-state index is -1.04. The van der Waals surface area contributed by atoms with Crippen LogP contribution in [0.4, 0.5) is 4.39 Å². The van der Waals surface area contributed by atoms with E-state index in [0.717, 1.165) is 12.8 Å². The molecule has 5 heteroatoms. The summed E-state index contributed by atoms with van der Waals surface area (Å²) in [4.78, 5) is 23.1. The summed E-state index contributed by atoms with van der Waals surface area (Å²) in [5, 5.41) is 11.9. The molecule has 0 aliphatic carbocycles. The zero-order valence-corrected chi connectivity index (χ0v) is 12.4. The number of halogens is 1. The minimum Gasteiger partial charge on any atom is -0.481 e. The van der Waals surface area contributed by atoms with Gasteiger partial charge in [-0.05, 0) is 23.6 Å². The second kappa shape index (κ2) is 8.39. The van der Waals surface area contributed by atoms with Crippen LogP contribution in [-0.2, 0) is 9.59 Å². The molecule has 0 saturated carbocycles. The lowest BCUT2D eigenvalue weighted by Gasteiger charge is -2.15. The predicted octanol–water partition coefficient (Wildman–Crippen LogP) is 2.94. The molecule has 2 unspecified atom stereocenters. The van der Waals surface area contributed by atoms with E-state index < -0.39 is 17.7 Å². The topological polar surface area (TPSA) is 66.4 Å². The number of hydrogen-bond acceptors (Lipinski definition) is 2. The highest BCUT2D eigenvalue weighted by Crippen LogP contribution is 2.16. The third kappa shape index (κ3) is 5.94. The number of carbonyl (C=O) groups is 2. The van der Waals surface area contributed by atoms with E-state index >= 15 is 0 Å². The average molecular weight is 295 g/mol. The van der Waals surface area contributed by atoms with E-state index in [2.05, 4.69) is 12.2 Å². The number of hydrogen-bond donors (Lipinski definition) is 2. The Morgan fingerprint density at radius 2 is 1.90 bits per heavy atom. The number of carboxylic acid groups (broad SMARTS) is 1. The van der Waals surface area contributed by atoms with Gasteiger partial charge in [-0.1, -0.05) is 38.8 Å². The van der Waals surface area contributed by atoms with Crippen LogP contribution < -0.4 is 5.32 Å². The van der Waals surface area contributed by atoms with Crippen LogP contribution in [0, 0.1) is 11.7 Å². The average Bonchev–Trinajstić information content (AvgIpc) is 2.40. The summed E-state index contributed by atoms with van der Waals surface area (Å²) < 4.78 is 12.9. The monoisotopic (exact) mass is 295 g/mol. The third-order valence-corrected chi connectivity index (χ3v) is 3.39. The summed E-state index contributed by atoms with van der Waals surface area (Å²) in [5.74, 6) is -2.19. The molecular weight excluding hydrogens is 273 g/mol. The van der Waals surface area contributed by atoms with Crippen molar-refractivity contribution in [1.82, 2.24) is 5.32 Å². The molecule has 0 saturated heterocycles. The first-order valence-corrected chi connectivity index (χ1v) is 7.19. The van der Waals surface area contributed by atoms with Gasteiger partial charge in [0.2, 0.25) is 5.91 Å². The molecule has 0 spiro atoms. The van der Waals surface area contributed by atoms with Crippen molar-refractivity contribution in [3.63, 3.8) is 0 Å². The molecule has 1 aromatic rings. The van der Waals surface area contributed by atoms with E-state index in [-0.39, 0.29) is 18.4 Å². The van der Waals surface area contributed by atoms with Gasteiger partial charge in [0, 0.05) is 13.0 Å². The Morgan fingerprint density at radius 3 is 2.43 bits per heavy atom. The first-order chi connectivity index (χ1) is 9.93. The minimum absolute atomic E-state index is 0.0125. The summed E-state index contributed by atoms with van der Waals surface area (Å²) in [7, 11) is 0. The molecule has 2 N–H and O–H groups in total. The van der Waals surface area contributed by atoms with Crippen LogP contribution in [0.1, 0.15) is 44.6 Å². The fraction of sp³-hybridized carbons (Fsp3) is 0.500. The number of benzene rings is 1. The third-order valence-electron chi connectivity index (χ3n) is 3.39. The van der Waals surface area contributed by atoms with E-state index in [9.17, 15) is 19.1 Å². The van der Waals surface area contributed by atoms with E-state index in [1.54, 1.807) is 0 Å². The van der Waals surface area contributed by atoms with E-state index in [1.165, 1.54) is 24.3 Å². The zero-order valence-electron chi connectivity index (χ0n) is 12.4. The number of nitrogens with one attached hydrogen (secondary N) is 1. The fourth-order valence-corrected chi connectivity index (χ4v) is 2.24. The van der Waals surface area contributed by atoms with E-state index in [4.69, 9.17) is 0 Å². The van der Waals surface area contributed by atoms with Crippen molar-refractivity contribution in [2.24, 2.45) is 5.92 Å². The normalized spacial score (nSPS) is 13.5. The van der Waals surface area contributed by atoms with Gasteiger partial charge in [-0.25, -0.2) is 4.39 Å². The molecular formula is C16H22FNO3. The summed E-state index contributed by atoms with van der Waals surface area (Å²) in [6.45, 7) is 4.07. The number of carbonyl (C=O) groups excluding carboxylic acids is 1. The van der Waals surface area contributed by atoms with Gasteiger partial charge in [0.15, 0.2) is 0 Å². The standard InChI is InChI=1S/C16H22FNO3/c1-3-4-11(2)9-15(19)18-10-14(16(20)21)12-5-7-13(17)8-6-12/h5-8,11,14H,3-4,9-10H2,1-2H3,(H,18,19)(H,20,21). The van der Waals surface area contributed by atoms with Gasteiger partial charge in [0.05, 0.1) is 5.92 Å². The van der Waals surface area contributed by atoms with E-state index in [1.807, 2.05) is 6.92 Å². The Bertz CT molecular complexity index is 473. The van der Waals surface area contributed by atoms with Crippen LogP contribution in [0.5, 0.6) is 0 Å². The maximum absolute atomic E-state index is 12.9. The van der Waals surface area contributed by atoms with Crippen molar-refractivity contribution >= 4 is 11.9 Å². The summed E-state index contributed by atoms with van der Waals surface area (Å²) in [5.41, 5.74) is 0.478.